The molecule has 1 aliphatic heterocycles. The molecule has 1 heterocycles. The van der Waals surface area contributed by atoms with Crippen LogP contribution in [0.3, 0.4) is 0 Å². The number of aryl methyl sites for hydroxylation is 1. The van der Waals surface area contributed by atoms with E-state index in [0.29, 0.717) is 5.56 Å². The summed E-state index contributed by atoms with van der Waals surface area (Å²) in [6.07, 6.45) is -3.80. The molecule has 0 spiro atoms. The van der Waals surface area contributed by atoms with Crippen molar-refractivity contribution in [2.45, 2.75) is 26.3 Å². The van der Waals surface area contributed by atoms with E-state index in [-0.39, 0.29) is 35.9 Å². The van der Waals surface area contributed by atoms with Crippen molar-refractivity contribution in [3.05, 3.63) is 59.4 Å². The topological polar surface area (TPSA) is 97.0 Å². The number of anilines is 2. The lowest BCUT2D eigenvalue weighted by Crippen LogP contribution is -2.33. The zero-order valence-electron chi connectivity index (χ0n) is 18.6. The summed E-state index contributed by atoms with van der Waals surface area (Å²) < 4.78 is 60.5. The number of hydrogen-bond donors (Lipinski definition) is 2. The van der Waals surface area contributed by atoms with Gasteiger partial charge in [-0.1, -0.05) is 0 Å². The predicted molar refractivity (Wildman–Crippen MR) is 118 cm³/mol. The molecule has 8 nitrogen and oxygen atoms in total. The highest BCUT2D eigenvalue weighted by Crippen LogP contribution is 2.27. The number of cyclic esters (lactones) is 1. The highest BCUT2D eigenvalue weighted by atomic mass is 19.4. The van der Waals surface area contributed by atoms with Crippen LogP contribution in [0.1, 0.15) is 18.1 Å². The number of rotatable bonds is 7. The summed E-state index contributed by atoms with van der Waals surface area (Å²) in [4.78, 5) is 36.5. The van der Waals surface area contributed by atoms with Gasteiger partial charge < -0.3 is 20.1 Å². The molecule has 1 atom stereocenters. The van der Waals surface area contributed by atoms with Gasteiger partial charge in [-0.05, 0) is 55.0 Å². The molecule has 0 radical (unpaired) electrons. The summed E-state index contributed by atoms with van der Waals surface area (Å²) in [6.45, 7) is 3.09. The van der Waals surface area contributed by atoms with Crippen LogP contribution in [-0.4, -0.2) is 43.5 Å². The maximum atomic E-state index is 14.6. The molecule has 0 bridgehead atoms. The van der Waals surface area contributed by atoms with E-state index < -0.39 is 36.0 Å². The number of nitrogens with one attached hydrogen (secondary N) is 2. The summed E-state index contributed by atoms with van der Waals surface area (Å²) in [6, 6.07) is 7.40. The van der Waals surface area contributed by atoms with E-state index in [9.17, 15) is 31.9 Å². The summed E-state index contributed by atoms with van der Waals surface area (Å²) in [5.41, 5.74) is 0.901. The fraction of sp³-hybridized carbons (Fsp3) is 0.261. The first-order valence-corrected chi connectivity index (χ1v) is 10.3. The van der Waals surface area contributed by atoms with E-state index in [4.69, 9.17) is 4.74 Å². The van der Waals surface area contributed by atoms with Gasteiger partial charge in [0.1, 0.15) is 17.7 Å². The van der Waals surface area contributed by atoms with Crippen molar-refractivity contribution in [3.63, 3.8) is 0 Å². The van der Waals surface area contributed by atoms with Crippen molar-refractivity contribution in [2.75, 3.05) is 23.3 Å². The summed E-state index contributed by atoms with van der Waals surface area (Å²) in [7, 11) is 0. The molecule has 1 fully saturated rings. The molecule has 3 amide bonds. The first-order valence-electron chi connectivity index (χ1n) is 10.3. The van der Waals surface area contributed by atoms with Crippen LogP contribution >= 0.6 is 0 Å². The van der Waals surface area contributed by atoms with Gasteiger partial charge >= 0.3 is 12.5 Å². The monoisotopic (exact) mass is 495 g/mol. The lowest BCUT2D eigenvalue weighted by atomic mass is 10.1. The molecule has 186 valence electrons. The average Bonchev–Trinajstić information content (AvgIpc) is 3.13. The van der Waals surface area contributed by atoms with Crippen molar-refractivity contribution in [2.24, 2.45) is 0 Å². The Hall–Kier alpha value is -4.09. The molecular weight excluding hydrogens is 474 g/mol. The average molecular weight is 495 g/mol. The highest BCUT2D eigenvalue weighted by Gasteiger charge is 2.33. The van der Waals surface area contributed by atoms with Crippen molar-refractivity contribution in [1.29, 1.82) is 0 Å². The fourth-order valence-electron chi connectivity index (χ4n) is 3.23. The van der Waals surface area contributed by atoms with Crippen LogP contribution in [-0.2, 0) is 14.3 Å². The zero-order chi connectivity index (χ0) is 25.8. The second kappa shape index (κ2) is 10.5. The SMILES string of the molecule is CC(=O)NCC1CN(c2ccc(/C=C\C(=O)Nc3ccc(OC(F)(F)F)cc3C)c(F)c2)C(=O)O1. The molecule has 1 unspecified atom stereocenters. The summed E-state index contributed by atoms with van der Waals surface area (Å²) in [5, 5.41) is 5.04. The Bertz CT molecular complexity index is 1170. The van der Waals surface area contributed by atoms with Crippen molar-refractivity contribution in [1.82, 2.24) is 5.32 Å². The van der Waals surface area contributed by atoms with E-state index in [1.807, 2.05) is 0 Å². The third-order valence-corrected chi connectivity index (χ3v) is 4.85. The molecule has 0 aliphatic carbocycles. The molecule has 1 saturated heterocycles. The summed E-state index contributed by atoms with van der Waals surface area (Å²) in [5.74, 6) is -2.03. The van der Waals surface area contributed by atoms with Gasteiger partial charge in [-0.15, -0.1) is 13.2 Å². The molecule has 3 rings (SSSR count). The Morgan fingerprint density at radius 1 is 1.23 bits per heavy atom. The number of hydrogen-bond acceptors (Lipinski definition) is 5. The molecule has 2 N–H and O–H groups in total. The first kappa shape index (κ1) is 25.5. The molecule has 1 aliphatic rings. The van der Waals surface area contributed by atoms with Crippen molar-refractivity contribution >= 4 is 35.4 Å². The number of alkyl halides is 3. The number of carbonyl (C=O) groups is 3. The van der Waals surface area contributed by atoms with E-state index in [1.54, 1.807) is 0 Å². The Balaban J connectivity index is 1.62. The largest absolute Gasteiger partial charge is 0.573 e. The van der Waals surface area contributed by atoms with Gasteiger partial charge in [0.2, 0.25) is 11.8 Å². The molecule has 35 heavy (non-hydrogen) atoms. The highest BCUT2D eigenvalue weighted by molar-refractivity contribution is 6.02. The van der Waals surface area contributed by atoms with Gasteiger partial charge in [-0.3, -0.25) is 14.5 Å². The number of carbonyl (C=O) groups excluding carboxylic acids is 3. The number of amides is 3. The Morgan fingerprint density at radius 3 is 2.60 bits per heavy atom. The molecule has 2 aromatic carbocycles. The molecule has 2 aromatic rings. The maximum Gasteiger partial charge on any atom is 0.573 e. The van der Waals surface area contributed by atoms with Crippen LogP contribution in [0.4, 0.5) is 33.7 Å². The quantitative estimate of drug-likeness (QED) is 0.445. The lowest BCUT2D eigenvalue weighted by molar-refractivity contribution is -0.274. The Labute approximate surface area is 197 Å². The summed E-state index contributed by atoms with van der Waals surface area (Å²) >= 11 is 0. The Kier molecular flexibility index (Phi) is 7.62. The van der Waals surface area contributed by atoms with Gasteiger partial charge in [0.15, 0.2) is 0 Å². The Morgan fingerprint density at radius 2 is 1.97 bits per heavy atom. The van der Waals surface area contributed by atoms with E-state index in [2.05, 4.69) is 15.4 Å². The van der Waals surface area contributed by atoms with Crippen LogP contribution in [0, 0.1) is 12.7 Å². The van der Waals surface area contributed by atoms with Gasteiger partial charge in [0, 0.05) is 24.3 Å². The molecule has 0 saturated carbocycles. The van der Waals surface area contributed by atoms with Gasteiger partial charge in [0.25, 0.3) is 0 Å². The van der Waals surface area contributed by atoms with Gasteiger partial charge in [-0.25, -0.2) is 9.18 Å². The third kappa shape index (κ3) is 7.19. The smallest absolute Gasteiger partial charge is 0.442 e. The third-order valence-electron chi connectivity index (χ3n) is 4.85. The minimum atomic E-state index is -4.83. The second-order valence-corrected chi connectivity index (χ2v) is 7.61. The second-order valence-electron chi connectivity index (χ2n) is 7.61. The molecular formula is C23H21F4N3O5. The van der Waals surface area contributed by atoms with Crippen LogP contribution < -0.4 is 20.3 Å². The van der Waals surface area contributed by atoms with Crippen molar-refractivity contribution in [3.8, 4) is 5.75 Å². The van der Waals surface area contributed by atoms with Crippen LogP contribution in [0.15, 0.2) is 42.5 Å². The minimum absolute atomic E-state index is 0.0666. The van der Waals surface area contributed by atoms with Gasteiger partial charge in [0.05, 0.1) is 18.8 Å². The van der Waals surface area contributed by atoms with E-state index in [0.717, 1.165) is 24.3 Å². The first-order chi connectivity index (χ1) is 16.4. The van der Waals surface area contributed by atoms with Crippen molar-refractivity contribution < 1.29 is 41.4 Å². The molecule has 12 heteroatoms. The van der Waals surface area contributed by atoms with Crippen LogP contribution in [0.25, 0.3) is 6.08 Å². The van der Waals surface area contributed by atoms with E-state index >= 15 is 0 Å². The maximum absolute atomic E-state index is 14.6. The normalized spacial score (nSPS) is 15.8. The predicted octanol–water partition coefficient (Wildman–Crippen LogP) is 4.15. The fourth-order valence-corrected chi connectivity index (χ4v) is 3.23. The van der Waals surface area contributed by atoms with E-state index in [1.165, 1.54) is 43.0 Å². The standard InChI is InChI=1S/C23H21F4N3O5/c1-13-9-17(35-23(25,26)27)6-7-20(13)29-21(32)8-4-15-3-5-16(10-19(15)24)30-12-18(34-22(30)33)11-28-14(2)31/h3-10,18H,11-12H2,1-2H3,(H,28,31)(H,29,32)/b8-4-. The number of halogens is 4. The van der Waals surface area contributed by atoms with Crippen LogP contribution in [0.2, 0.25) is 0 Å². The number of ether oxygens (including phenoxy) is 2. The zero-order valence-corrected chi connectivity index (χ0v) is 18.6. The number of nitrogens with zero attached hydrogens (tertiary/aromatic N) is 1. The number of benzene rings is 2. The lowest BCUT2D eigenvalue weighted by Gasteiger charge is -2.14. The van der Waals surface area contributed by atoms with Crippen LogP contribution in [0.5, 0.6) is 5.75 Å². The minimum Gasteiger partial charge on any atom is -0.442 e. The van der Waals surface area contributed by atoms with Gasteiger partial charge in [-0.2, -0.15) is 0 Å². The molecule has 0 aromatic heterocycles.